The monoisotopic (exact) mass is 352 g/mol. The van der Waals surface area contributed by atoms with E-state index in [1.807, 2.05) is 31.2 Å². The van der Waals surface area contributed by atoms with Gasteiger partial charge in [0, 0.05) is 23.8 Å². The number of ether oxygens (including phenoxy) is 1. The first-order valence-corrected chi connectivity index (χ1v) is 8.50. The van der Waals surface area contributed by atoms with Gasteiger partial charge in [-0.15, -0.1) is 0 Å². The predicted octanol–water partition coefficient (Wildman–Crippen LogP) is 2.22. The summed E-state index contributed by atoms with van der Waals surface area (Å²) < 4.78 is 5.29. The van der Waals surface area contributed by atoms with Crippen LogP contribution < -0.4 is 4.74 Å². The minimum Gasteiger partial charge on any atom is -0.497 e. The van der Waals surface area contributed by atoms with Crippen LogP contribution >= 0.6 is 0 Å². The van der Waals surface area contributed by atoms with Gasteiger partial charge in [-0.1, -0.05) is 12.1 Å². The molecule has 134 valence electrons. The molecule has 1 fully saturated rings. The van der Waals surface area contributed by atoms with Gasteiger partial charge in [0.05, 0.1) is 24.8 Å². The van der Waals surface area contributed by atoms with Crippen molar-refractivity contribution in [3.63, 3.8) is 0 Å². The van der Waals surface area contributed by atoms with Crippen LogP contribution in [0.1, 0.15) is 34.1 Å². The molecule has 7 heteroatoms. The maximum absolute atomic E-state index is 13.1. The molecule has 3 heterocycles. The molecule has 0 aliphatic carbocycles. The Morgan fingerprint density at radius 2 is 2.23 bits per heavy atom. The van der Waals surface area contributed by atoms with Crippen LogP contribution in [-0.2, 0) is 0 Å². The molecule has 1 aliphatic rings. The summed E-state index contributed by atoms with van der Waals surface area (Å²) in [6.45, 7) is 2.19. The van der Waals surface area contributed by atoms with Crippen molar-refractivity contribution >= 4 is 16.9 Å². The second kappa shape index (κ2) is 6.42. The smallest absolute Gasteiger partial charge is 0.256 e. The van der Waals surface area contributed by atoms with E-state index in [0.717, 1.165) is 22.4 Å². The zero-order valence-electron chi connectivity index (χ0n) is 14.6. The summed E-state index contributed by atoms with van der Waals surface area (Å²) in [7, 11) is 1.61. The normalized spacial score (nSPS) is 19.9. The van der Waals surface area contributed by atoms with Crippen molar-refractivity contribution in [2.45, 2.75) is 25.5 Å². The molecule has 1 saturated heterocycles. The number of hydrogen-bond donors (Lipinski definition) is 2. The van der Waals surface area contributed by atoms with Gasteiger partial charge in [-0.2, -0.15) is 5.10 Å². The zero-order chi connectivity index (χ0) is 18.3. The average molecular weight is 352 g/mol. The molecule has 0 radical (unpaired) electrons. The molecule has 0 spiro atoms. The molecule has 1 amide bonds. The lowest BCUT2D eigenvalue weighted by Gasteiger charge is -2.25. The van der Waals surface area contributed by atoms with Crippen LogP contribution in [0.4, 0.5) is 0 Å². The molecule has 7 nitrogen and oxygen atoms in total. The van der Waals surface area contributed by atoms with Crippen molar-refractivity contribution in [3.8, 4) is 5.75 Å². The van der Waals surface area contributed by atoms with E-state index in [0.29, 0.717) is 24.2 Å². The van der Waals surface area contributed by atoms with Gasteiger partial charge in [-0.05, 0) is 37.1 Å². The highest BCUT2D eigenvalue weighted by Crippen LogP contribution is 2.35. The number of rotatable bonds is 3. The van der Waals surface area contributed by atoms with Crippen LogP contribution in [0.15, 0.2) is 36.5 Å². The van der Waals surface area contributed by atoms with Gasteiger partial charge in [-0.3, -0.25) is 9.89 Å². The molecule has 2 aromatic heterocycles. The van der Waals surface area contributed by atoms with Gasteiger partial charge in [0.2, 0.25) is 0 Å². The highest BCUT2D eigenvalue weighted by atomic mass is 16.5. The molecular weight excluding hydrogens is 332 g/mol. The number of aromatic amines is 1. The number of carbonyl (C=O) groups is 1. The summed E-state index contributed by atoms with van der Waals surface area (Å²) in [6.07, 6.45) is 1.49. The largest absolute Gasteiger partial charge is 0.497 e. The van der Waals surface area contributed by atoms with E-state index in [9.17, 15) is 9.90 Å². The molecule has 2 atom stereocenters. The van der Waals surface area contributed by atoms with Gasteiger partial charge in [0.25, 0.3) is 5.91 Å². The number of aliphatic hydroxyl groups excluding tert-OH is 1. The Bertz CT molecular complexity index is 968. The van der Waals surface area contributed by atoms with Gasteiger partial charge in [-0.25, -0.2) is 4.98 Å². The number of H-pyrrole nitrogens is 1. The van der Waals surface area contributed by atoms with Crippen LogP contribution in [0.3, 0.4) is 0 Å². The highest BCUT2D eigenvalue weighted by Gasteiger charge is 2.36. The number of likely N-dealkylation sites (tertiary alicyclic amines) is 1. The van der Waals surface area contributed by atoms with Gasteiger partial charge >= 0.3 is 0 Å². The van der Waals surface area contributed by atoms with Crippen molar-refractivity contribution in [2.24, 2.45) is 0 Å². The quantitative estimate of drug-likeness (QED) is 0.754. The summed E-state index contributed by atoms with van der Waals surface area (Å²) in [4.78, 5) is 19.1. The summed E-state index contributed by atoms with van der Waals surface area (Å²) in [5.74, 6) is 0.581. The van der Waals surface area contributed by atoms with E-state index in [-0.39, 0.29) is 11.9 Å². The molecule has 3 aromatic rings. The Morgan fingerprint density at radius 3 is 3.04 bits per heavy atom. The first kappa shape index (κ1) is 16.5. The summed E-state index contributed by atoms with van der Waals surface area (Å²) in [5.41, 5.74) is 2.89. The topological polar surface area (TPSA) is 91.3 Å². The van der Waals surface area contributed by atoms with Gasteiger partial charge in [0.15, 0.2) is 5.65 Å². The average Bonchev–Trinajstić information content (AvgIpc) is 3.24. The fraction of sp³-hybridized carbons (Fsp3) is 0.316. The number of aromatic nitrogens is 3. The number of aryl methyl sites for hydroxylation is 1. The van der Waals surface area contributed by atoms with Crippen LogP contribution in [0.5, 0.6) is 5.75 Å². The number of pyridine rings is 1. The molecule has 2 N–H and O–H groups in total. The summed E-state index contributed by atoms with van der Waals surface area (Å²) in [6, 6.07) is 9.22. The third kappa shape index (κ3) is 2.80. The number of benzene rings is 1. The Balaban J connectivity index is 1.68. The SMILES string of the molecule is COc1cccc(C2CC(O)CN2C(=O)c2cnc3n[nH]c(C)c3c2)c1. The van der Waals surface area contributed by atoms with E-state index < -0.39 is 6.10 Å². The molecule has 0 saturated carbocycles. The van der Waals surface area contributed by atoms with Crippen LogP contribution in [0.25, 0.3) is 11.0 Å². The van der Waals surface area contributed by atoms with Gasteiger partial charge < -0.3 is 14.7 Å². The molecular formula is C19H20N4O3. The first-order valence-electron chi connectivity index (χ1n) is 8.50. The number of nitrogens with one attached hydrogen (secondary N) is 1. The van der Waals surface area contributed by atoms with E-state index in [4.69, 9.17) is 4.74 Å². The number of β-amino-alcohol motifs (C(OH)–C–C–N with tert-alkyl or cyclic N) is 1. The number of methoxy groups -OCH3 is 1. The Kier molecular flexibility index (Phi) is 4.08. The third-order valence-electron chi connectivity index (χ3n) is 4.87. The number of amides is 1. The van der Waals surface area contributed by atoms with E-state index in [2.05, 4.69) is 15.2 Å². The minimum atomic E-state index is -0.553. The fourth-order valence-electron chi connectivity index (χ4n) is 3.51. The number of carbonyl (C=O) groups excluding carboxylic acids is 1. The summed E-state index contributed by atoms with van der Waals surface area (Å²) >= 11 is 0. The van der Waals surface area contributed by atoms with E-state index in [1.54, 1.807) is 18.1 Å². The Labute approximate surface area is 150 Å². The molecule has 2 unspecified atom stereocenters. The lowest BCUT2D eigenvalue weighted by molar-refractivity contribution is 0.0715. The standard InChI is InChI=1S/C19H20N4O3/c1-11-16-7-13(9-20-18(16)22-21-11)19(25)23-10-14(24)8-17(23)12-4-3-5-15(6-12)26-2/h3-7,9,14,17,24H,8,10H2,1-2H3,(H,20,21,22). The zero-order valence-corrected chi connectivity index (χ0v) is 14.6. The molecule has 4 rings (SSSR count). The lowest BCUT2D eigenvalue weighted by atomic mass is 10.0. The van der Waals surface area contributed by atoms with Crippen molar-refractivity contribution in [1.29, 1.82) is 0 Å². The molecule has 1 aliphatic heterocycles. The number of nitrogens with zero attached hydrogens (tertiary/aromatic N) is 3. The maximum atomic E-state index is 13.1. The first-order chi connectivity index (χ1) is 12.6. The van der Waals surface area contributed by atoms with Crippen LogP contribution in [-0.4, -0.2) is 50.9 Å². The molecule has 26 heavy (non-hydrogen) atoms. The van der Waals surface area contributed by atoms with E-state index in [1.165, 1.54) is 6.20 Å². The molecule has 0 bridgehead atoms. The number of fused-ring (bicyclic) bond motifs is 1. The molecule has 1 aromatic carbocycles. The van der Waals surface area contributed by atoms with Crippen LogP contribution in [0, 0.1) is 6.92 Å². The second-order valence-electron chi connectivity index (χ2n) is 6.58. The second-order valence-corrected chi connectivity index (χ2v) is 6.58. The predicted molar refractivity (Wildman–Crippen MR) is 96.0 cm³/mol. The number of hydrogen-bond acceptors (Lipinski definition) is 5. The van der Waals surface area contributed by atoms with Crippen molar-refractivity contribution in [2.75, 3.05) is 13.7 Å². The van der Waals surface area contributed by atoms with Crippen LogP contribution in [0.2, 0.25) is 0 Å². The Morgan fingerprint density at radius 1 is 1.38 bits per heavy atom. The van der Waals surface area contributed by atoms with Crippen molar-refractivity contribution in [3.05, 3.63) is 53.3 Å². The highest BCUT2D eigenvalue weighted by molar-refractivity contribution is 5.97. The third-order valence-corrected chi connectivity index (χ3v) is 4.87. The fourth-order valence-corrected chi connectivity index (χ4v) is 3.51. The van der Waals surface area contributed by atoms with Gasteiger partial charge in [0.1, 0.15) is 5.75 Å². The van der Waals surface area contributed by atoms with E-state index >= 15 is 0 Å². The summed E-state index contributed by atoms with van der Waals surface area (Å²) in [5, 5.41) is 18.0. The maximum Gasteiger partial charge on any atom is 0.256 e. The Hall–Kier alpha value is -2.93. The minimum absolute atomic E-state index is 0.149. The lowest BCUT2D eigenvalue weighted by Crippen LogP contribution is -2.31. The number of aliphatic hydroxyl groups is 1. The van der Waals surface area contributed by atoms with Crippen molar-refractivity contribution in [1.82, 2.24) is 20.1 Å². The van der Waals surface area contributed by atoms with Crippen molar-refractivity contribution < 1.29 is 14.6 Å².